The topological polar surface area (TPSA) is 94.4 Å². The zero-order chi connectivity index (χ0) is 13.3. The molecule has 6 nitrogen and oxygen atoms in total. The predicted octanol–water partition coefficient (Wildman–Crippen LogP) is 1.98. The van der Waals surface area contributed by atoms with Crippen LogP contribution in [-0.4, -0.2) is 22.4 Å². The van der Waals surface area contributed by atoms with Gasteiger partial charge in [-0.05, 0) is 34.5 Å². The molecule has 0 unspecified atom stereocenters. The molecule has 7 heteroatoms. The zero-order valence-corrected chi connectivity index (χ0v) is 11.5. The molecule has 0 aliphatic rings. The van der Waals surface area contributed by atoms with Gasteiger partial charge in [0.15, 0.2) is 11.5 Å². The van der Waals surface area contributed by atoms with Crippen LogP contribution in [-0.2, 0) is 6.54 Å². The Balaban J connectivity index is 2.65. The van der Waals surface area contributed by atoms with Crippen molar-refractivity contribution in [2.45, 2.75) is 13.5 Å². The molecule has 0 bridgehead atoms. The Morgan fingerprint density at radius 1 is 1.56 bits per heavy atom. The van der Waals surface area contributed by atoms with Gasteiger partial charge in [0.2, 0.25) is 11.7 Å². The first-order chi connectivity index (χ1) is 8.58. The lowest BCUT2D eigenvalue weighted by Crippen LogP contribution is -1.96. The van der Waals surface area contributed by atoms with Gasteiger partial charge < -0.3 is 20.1 Å². The van der Waals surface area contributed by atoms with Crippen molar-refractivity contribution in [3.05, 3.63) is 22.0 Å². The molecule has 96 valence electrons. The molecule has 2 rings (SSSR count). The average Bonchev–Trinajstić information content (AvgIpc) is 2.82. The number of aryl methyl sites for hydroxylation is 1. The Morgan fingerprint density at radius 3 is 2.83 bits per heavy atom. The van der Waals surface area contributed by atoms with Gasteiger partial charge in [0.05, 0.1) is 19.2 Å². The monoisotopic (exact) mass is 313 g/mol. The molecule has 1 heterocycles. The summed E-state index contributed by atoms with van der Waals surface area (Å²) in [5.41, 5.74) is 6.72. The van der Waals surface area contributed by atoms with Gasteiger partial charge in [0, 0.05) is 4.47 Å². The summed E-state index contributed by atoms with van der Waals surface area (Å²) in [6.45, 7) is 2.02. The highest BCUT2D eigenvalue weighted by Crippen LogP contribution is 2.42. The van der Waals surface area contributed by atoms with Crippen LogP contribution in [0.3, 0.4) is 0 Å². The number of hydrogen-bond acceptors (Lipinski definition) is 6. The summed E-state index contributed by atoms with van der Waals surface area (Å²) >= 11 is 3.39. The van der Waals surface area contributed by atoms with Crippen molar-refractivity contribution in [1.82, 2.24) is 10.1 Å². The van der Waals surface area contributed by atoms with E-state index in [1.165, 1.54) is 7.11 Å². The fourth-order valence-corrected chi connectivity index (χ4v) is 2.03. The number of nitrogens with zero attached hydrogens (tertiary/aromatic N) is 2. The molecule has 18 heavy (non-hydrogen) atoms. The number of methoxy groups -OCH3 is 1. The number of benzene rings is 1. The SMILES string of the molecule is COc1cc(C)c(Br)c(-c2noc(CN)n2)c1O. The van der Waals surface area contributed by atoms with Gasteiger partial charge in [-0.15, -0.1) is 0 Å². The Labute approximate surface area is 112 Å². The van der Waals surface area contributed by atoms with Crippen LogP contribution in [0.15, 0.2) is 15.1 Å². The van der Waals surface area contributed by atoms with E-state index in [0.717, 1.165) is 5.56 Å². The number of phenolic OH excluding ortho intramolecular Hbond substituents is 1. The highest BCUT2D eigenvalue weighted by atomic mass is 79.9. The van der Waals surface area contributed by atoms with Gasteiger partial charge >= 0.3 is 0 Å². The maximum Gasteiger partial charge on any atom is 0.240 e. The second-order valence-corrected chi connectivity index (χ2v) is 4.44. The molecule has 0 fully saturated rings. The first-order valence-corrected chi connectivity index (χ1v) is 5.96. The van der Waals surface area contributed by atoms with E-state index in [9.17, 15) is 5.11 Å². The smallest absolute Gasteiger partial charge is 0.240 e. The minimum absolute atomic E-state index is 0.0423. The molecule has 0 aliphatic carbocycles. The summed E-state index contributed by atoms with van der Waals surface area (Å²) in [5, 5.41) is 13.9. The molecule has 3 N–H and O–H groups in total. The highest BCUT2D eigenvalue weighted by Gasteiger charge is 2.20. The normalized spacial score (nSPS) is 10.7. The molecule has 0 amide bonds. The largest absolute Gasteiger partial charge is 0.504 e. The van der Waals surface area contributed by atoms with Gasteiger partial charge in [-0.25, -0.2) is 0 Å². The number of aromatic hydroxyl groups is 1. The van der Waals surface area contributed by atoms with Crippen molar-refractivity contribution in [2.24, 2.45) is 5.73 Å². The highest BCUT2D eigenvalue weighted by molar-refractivity contribution is 9.10. The summed E-state index contributed by atoms with van der Waals surface area (Å²) < 4.78 is 10.7. The summed E-state index contributed by atoms with van der Waals surface area (Å²) in [6, 6.07) is 1.72. The van der Waals surface area contributed by atoms with Crippen molar-refractivity contribution >= 4 is 15.9 Å². The molecule has 0 radical (unpaired) electrons. The van der Waals surface area contributed by atoms with Crippen LogP contribution in [0.4, 0.5) is 0 Å². The van der Waals surface area contributed by atoms with Crippen molar-refractivity contribution in [3.8, 4) is 22.9 Å². The fraction of sp³-hybridized carbons (Fsp3) is 0.273. The van der Waals surface area contributed by atoms with E-state index >= 15 is 0 Å². The second-order valence-electron chi connectivity index (χ2n) is 3.65. The third-order valence-electron chi connectivity index (χ3n) is 2.47. The van der Waals surface area contributed by atoms with Crippen LogP contribution in [0.2, 0.25) is 0 Å². The molecule has 0 atom stereocenters. The standard InChI is InChI=1S/C11H12BrN3O3/c1-5-3-6(17-2)10(16)8(9(5)12)11-14-7(4-13)18-15-11/h3,16H,4,13H2,1-2H3. The zero-order valence-electron chi connectivity index (χ0n) is 9.90. The van der Waals surface area contributed by atoms with E-state index < -0.39 is 0 Å². The number of phenols is 1. The minimum atomic E-state index is -0.0423. The van der Waals surface area contributed by atoms with E-state index in [1.807, 2.05) is 6.92 Å². The quantitative estimate of drug-likeness (QED) is 0.899. The molecule has 0 saturated carbocycles. The predicted molar refractivity (Wildman–Crippen MR) is 68.3 cm³/mol. The Hall–Kier alpha value is -1.60. The lowest BCUT2D eigenvalue weighted by Gasteiger charge is -2.10. The maximum absolute atomic E-state index is 10.1. The van der Waals surface area contributed by atoms with Crippen LogP contribution in [0.25, 0.3) is 11.4 Å². The summed E-state index contributed by atoms with van der Waals surface area (Å²) in [6.07, 6.45) is 0. The molecule has 0 saturated heterocycles. The lowest BCUT2D eigenvalue weighted by atomic mass is 10.1. The van der Waals surface area contributed by atoms with Gasteiger partial charge in [0.25, 0.3) is 0 Å². The summed E-state index contributed by atoms with van der Waals surface area (Å²) in [5.74, 6) is 0.878. The average molecular weight is 314 g/mol. The first-order valence-electron chi connectivity index (χ1n) is 5.17. The number of nitrogens with two attached hydrogens (primary N) is 1. The Kier molecular flexibility index (Phi) is 3.53. The van der Waals surface area contributed by atoms with Gasteiger partial charge in [-0.1, -0.05) is 5.16 Å². The number of hydrogen-bond donors (Lipinski definition) is 2. The van der Waals surface area contributed by atoms with E-state index in [-0.39, 0.29) is 18.1 Å². The second kappa shape index (κ2) is 4.95. The van der Waals surface area contributed by atoms with Gasteiger partial charge in [-0.2, -0.15) is 4.98 Å². The number of rotatable bonds is 3. The van der Waals surface area contributed by atoms with E-state index in [2.05, 4.69) is 26.1 Å². The van der Waals surface area contributed by atoms with Gasteiger partial charge in [-0.3, -0.25) is 0 Å². The third kappa shape index (κ3) is 2.06. The minimum Gasteiger partial charge on any atom is -0.504 e. The number of aromatic nitrogens is 2. The van der Waals surface area contributed by atoms with E-state index in [0.29, 0.717) is 21.7 Å². The fourth-order valence-electron chi connectivity index (χ4n) is 1.55. The van der Waals surface area contributed by atoms with Crippen LogP contribution in [0, 0.1) is 6.92 Å². The molecule has 0 spiro atoms. The molecular weight excluding hydrogens is 302 g/mol. The molecule has 1 aromatic heterocycles. The van der Waals surface area contributed by atoms with Gasteiger partial charge in [0.1, 0.15) is 0 Å². The summed E-state index contributed by atoms with van der Waals surface area (Å²) in [7, 11) is 1.48. The van der Waals surface area contributed by atoms with E-state index in [1.54, 1.807) is 6.07 Å². The number of halogens is 1. The van der Waals surface area contributed by atoms with Crippen molar-refractivity contribution in [1.29, 1.82) is 0 Å². The third-order valence-corrected chi connectivity index (χ3v) is 3.49. The Bertz CT molecular complexity index is 583. The maximum atomic E-state index is 10.1. The first kappa shape index (κ1) is 12.8. The van der Waals surface area contributed by atoms with E-state index in [4.69, 9.17) is 15.0 Å². The van der Waals surface area contributed by atoms with Crippen LogP contribution < -0.4 is 10.5 Å². The van der Waals surface area contributed by atoms with Crippen molar-refractivity contribution in [2.75, 3.05) is 7.11 Å². The lowest BCUT2D eigenvalue weighted by molar-refractivity contribution is 0.371. The molecule has 2 aromatic rings. The van der Waals surface area contributed by atoms with Crippen LogP contribution in [0.1, 0.15) is 11.5 Å². The van der Waals surface area contributed by atoms with Crippen LogP contribution >= 0.6 is 15.9 Å². The molecule has 0 aliphatic heterocycles. The van der Waals surface area contributed by atoms with Crippen LogP contribution in [0.5, 0.6) is 11.5 Å². The molecular formula is C11H12BrN3O3. The summed E-state index contributed by atoms with van der Waals surface area (Å²) in [4.78, 5) is 4.09. The number of ether oxygens (including phenoxy) is 1. The molecule has 1 aromatic carbocycles. The Morgan fingerprint density at radius 2 is 2.28 bits per heavy atom. The van der Waals surface area contributed by atoms with Crippen molar-refractivity contribution in [3.63, 3.8) is 0 Å². The van der Waals surface area contributed by atoms with Crippen molar-refractivity contribution < 1.29 is 14.4 Å².